The van der Waals surface area contributed by atoms with Gasteiger partial charge in [-0.3, -0.25) is 9.80 Å². The second kappa shape index (κ2) is 5.76. The molecule has 2 saturated heterocycles. The van der Waals surface area contributed by atoms with E-state index >= 15 is 0 Å². The lowest BCUT2D eigenvalue weighted by Crippen LogP contribution is -2.61. The highest BCUT2D eigenvalue weighted by molar-refractivity contribution is 5.22. The van der Waals surface area contributed by atoms with Crippen LogP contribution in [0.25, 0.3) is 0 Å². The Hall–Kier alpha value is -1.04. The Labute approximate surface area is 118 Å². The summed E-state index contributed by atoms with van der Waals surface area (Å²) >= 11 is 0. The molecule has 0 saturated carbocycles. The second-order valence-corrected chi connectivity index (χ2v) is 5.70. The number of nitrogens with zero attached hydrogens (tertiary/aromatic N) is 2. The van der Waals surface area contributed by atoms with Crippen molar-refractivity contribution in [2.24, 2.45) is 0 Å². The first-order valence-electron chi connectivity index (χ1n) is 7.29. The van der Waals surface area contributed by atoms with Crippen molar-refractivity contribution >= 4 is 0 Å². The van der Waals surface area contributed by atoms with Crippen LogP contribution >= 0.6 is 0 Å². The van der Waals surface area contributed by atoms with E-state index in [0.717, 1.165) is 39.3 Å². The number of piperazine rings is 1. The second-order valence-electron chi connectivity index (χ2n) is 5.70. The molecule has 3 nitrogen and oxygen atoms in total. The molecule has 20 heavy (non-hydrogen) atoms. The van der Waals surface area contributed by atoms with Crippen LogP contribution in [-0.2, 0) is 0 Å². The number of benzene rings is 1. The predicted molar refractivity (Wildman–Crippen MR) is 74.6 cm³/mol. The molecule has 0 aliphatic carbocycles. The Morgan fingerprint density at radius 1 is 1.15 bits per heavy atom. The maximum atomic E-state index is 13.9. The molecular weight excluding hydrogens is 260 g/mol. The van der Waals surface area contributed by atoms with Crippen LogP contribution in [0.15, 0.2) is 18.2 Å². The zero-order valence-corrected chi connectivity index (χ0v) is 11.8. The molecule has 0 radical (unpaired) electrons. The van der Waals surface area contributed by atoms with E-state index in [1.54, 1.807) is 12.1 Å². The van der Waals surface area contributed by atoms with Gasteiger partial charge in [-0.05, 0) is 13.0 Å². The van der Waals surface area contributed by atoms with Gasteiger partial charge in [0.1, 0.15) is 0 Å². The van der Waals surface area contributed by atoms with Crippen LogP contribution in [0.1, 0.15) is 18.5 Å². The maximum absolute atomic E-state index is 13.9. The molecule has 1 N–H and O–H groups in total. The Morgan fingerprint density at radius 2 is 1.85 bits per heavy atom. The zero-order chi connectivity index (χ0) is 14.1. The number of nitrogens with one attached hydrogen (secondary N) is 1. The summed E-state index contributed by atoms with van der Waals surface area (Å²) in [5.74, 6) is -1.46. The molecule has 2 fully saturated rings. The van der Waals surface area contributed by atoms with Gasteiger partial charge in [-0.1, -0.05) is 12.1 Å². The summed E-state index contributed by atoms with van der Waals surface area (Å²) in [4.78, 5) is 4.72. The Kier molecular flexibility index (Phi) is 4.01. The van der Waals surface area contributed by atoms with Crippen LogP contribution in [0.4, 0.5) is 8.78 Å². The Balaban J connectivity index is 1.63. The van der Waals surface area contributed by atoms with Crippen molar-refractivity contribution in [2.45, 2.75) is 19.0 Å². The van der Waals surface area contributed by atoms with Crippen molar-refractivity contribution in [3.8, 4) is 0 Å². The number of hydrogen-bond acceptors (Lipinski definition) is 3. The smallest absolute Gasteiger partial charge is 0.163 e. The van der Waals surface area contributed by atoms with Gasteiger partial charge in [0, 0.05) is 56.9 Å². The first-order chi connectivity index (χ1) is 9.66. The largest absolute Gasteiger partial charge is 0.314 e. The quantitative estimate of drug-likeness (QED) is 0.908. The molecule has 1 aromatic rings. The molecule has 2 heterocycles. The summed E-state index contributed by atoms with van der Waals surface area (Å²) < 4.78 is 27.2. The van der Waals surface area contributed by atoms with Crippen molar-refractivity contribution in [2.75, 3.05) is 39.3 Å². The van der Waals surface area contributed by atoms with Crippen molar-refractivity contribution in [3.05, 3.63) is 35.4 Å². The van der Waals surface area contributed by atoms with Crippen molar-refractivity contribution in [1.82, 2.24) is 15.1 Å². The standard InChI is InChI=1S/C15H21F2N3/c1-11(13-3-2-4-14(16)15(13)17)19-5-7-20(8-6-19)12-9-18-10-12/h2-4,11-12,18H,5-10H2,1H3. The van der Waals surface area contributed by atoms with Crippen molar-refractivity contribution in [3.63, 3.8) is 0 Å². The average molecular weight is 281 g/mol. The summed E-state index contributed by atoms with van der Waals surface area (Å²) in [5.41, 5.74) is 0.462. The molecule has 0 spiro atoms. The topological polar surface area (TPSA) is 18.5 Å². The Bertz CT molecular complexity index is 468. The zero-order valence-electron chi connectivity index (χ0n) is 11.8. The van der Waals surface area contributed by atoms with E-state index in [1.165, 1.54) is 6.07 Å². The molecule has 0 aromatic heterocycles. The highest BCUT2D eigenvalue weighted by Crippen LogP contribution is 2.25. The lowest BCUT2D eigenvalue weighted by atomic mass is 10.0. The van der Waals surface area contributed by atoms with Crippen LogP contribution in [-0.4, -0.2) is 55.1 Å². The van der Waals surface area contributed by atoms with Crippen LogP contribution in [0, 0.1) is 11.6 Å². The maximum Gasteiger partial charge on any atom is 0.163 e. The van der Waals surface area contributed by atoms with Gasteiger partial charge in [0.05, 0.1) is 0 Å². The molecular formula is C15H21F2N3. The minimum absolute atomic E-state index is 0.0765. The van der Waals surface area contributed by atoms with Crippen molar-refractivity contribution in [1.29, 1.82) is 0 Å². The molecule has 0 amide bonds. The van der Waals surface area contributed by atoms with Gasteiger partial charge in [-0.25, -0.2) is 8.78 Å². The van der Waals surface area contributed by atoms with E-state index in [9.17, 15) is 8.78 Å². The normalized spacial score (nSPS) is 23.6. The first kappa shape index (κ1) is 13.9. The minimum atomic E-state index is -0.756. The van der Waals surface area contributed by atoms with E-state index in [0.29, 0.717) is 11.6 Å². The third-order valence-electron chi connectivity index (χ3n) is 4.60. The molecule has 1 aromatic carbocycles. The van der Waals surface area contributed by atoms with E-state index in [-0.39, 0.29) is 6.04 Å². The molecule has 0 bridgehead atoms. The summed E-state index contributed by atoms with van der Waals surface area (Å²) in [7, 11) is 0. The van der Waals surface area contributed by atoms with Crippen LogP contribution in [0.5, 0.6) is 0 Å². The van der Waals surface area contributed by atoms with E-state index in [2.05, 4.69) is 15.1 Å². The van der Waals surface area contributed by atoms with Gasteiger partial charge in [0.15, 0.2) is 11.6 Å². The SMILES string of the molecule is CC(c1cccc(F)c1F)N1CCN(C2CNC2)CC1. The van der Waals surface area contributed by atoms with E-state index in [1.807, 2.05) is 6.92 Å². The lowest BCUT2D eigenvalue weighted by molar-refractivity contribution is 0.0543. The monoisotopic (exact) mass is 281 g/mol. The number of halogens is 2. The van der Waals surface area contributed by atoms with Gasteiger partial charge in [-0.15, -0.1) is 0 Å². The first-order valence-corrected chi connectivity index (χ1v) is 7.29. The molecule has 2 aliphatic heterocycles. The summed E-state index contributed by atoms with van der Waals surface area (Å²) in [6.45, 7) is 7.95. The summed E-state index contributed by atoms with van der Waals surface area (Å²) in [5, 5.41) is 3.29. The lowest BCUT2D eigenvalue weighted by Gasteiger charge is -2.44. The minimum Gasteiger partial charge on any atom is -0.314 e. The van der Waals surface area contributed by atoms with Crippen LogP contribution in [0.2, 0.25) is 0 Å². The van der Waals surface area contributed by atoms with Gasteiger partial charge >= 0.3 is 0 Å². The molecule has 5 heteroatoms. The third kappa shape index (κ3) is 2.57. The van der Waals surface area contributed by atoms with Crippen LogP contribution in [0.3, 0.4) is 0 Å². The molecule has 1 atom stereocenters. The highest BCUT2D eigenvalue weighted by Gasteiger charge is 2.30. The van der Waals surface area contributed by atoms with Gasteiger partial charge < -0.3 is 5.32 Å². The van der Waals surface area contributed by atoms with Gasteiger partial charge in [-0.2, -0.15) is 0 Å². The number of rotatable bonds is 3. The van der Waals surface area contributed by atoms with E-state index < -0.39 is 11.6 Å². The predicted octanol–water partition coefficient (Wildman–Crippen LogP) is 1.62. The molecule has 110 valence electrons. The van der Waals surface area contributed by atoms with Gasteiger partial charge in [0.25, 0.3) is 0 Å². The van der Waals surface area contributed by atoms with Gasteiger partial charge in [0.2, 0.25) is 0 Å². The Morgan fingerprint density at radius 3 is 2.45 bits per heavy atom. The fourth-order valence-electron chi connectivity index (χ4n) is 3.06. The molecule has 2 aliphatic rings. The summed E-state index contributed by atoms with van der Waals surface area (Å²) in [6, 6.07) is 5.03. The molecule has 3 rings (SSSR count). The highest BCUT2D eigenvalue weighted by atomic mass is 19.2. The van der Waals surface area contributed by atoms with Crippen molar-refractivity contribution < 1.29 is 8.78 Å². The summed E-state index contributed by atoms with van der Waals surface area (Å²) in [6.07, 6.45) is 0. The molecule has 1 unspecified atom stereocenters. The fraction of sp³-hybridized carbons (Fsp3) is 0.600. The number of hydrogen-bond donors (Lipinski definition) is 1. The van der Waals surface area contributed by atoms with Crippen LogP contribution < -0.4 is 5.32 Å². The fourth-order valence-corrected chi connectivity index (χ4v) is 3.06. The van der Waals surface area contributed by atoms with E-state index in [4.69, 9.17) is 0 Å². The third-order valence-corrected chi connectivity index (χ3v) is 4.60. The average Bonchev–Trinajstić information content (AvgIpc) is 2.40.